The maximum Gasteiger partial charge on any atom is 0.239 e. The van der Waals surface area contributed by atoms with E-state index in [-0.39, 0.29) is 11.8 Å². The fourth-order valence-electron chi connectivity index (χ4n) is 3.07. The summed E-state index contributed by atoms with van der Waals surface area (Å²) in [6.07, 6.45) is 2.22. The fourth-order valence-corrected chi connectivity index (χ4v) is 3.07. The molecule has 6 heteroatoms. The van der Waals surface area contributed by atoms with Gasteiger partial charge < -0.3 is 11.1 Å². The van der Waals surface area contributed by atoms with Gasteiger partial charge in [-0.25, -0.2) is 0 Å². The highest BCUT2D eigenvalue weighted by atomic mass is 16.2. The minimum atomic E-state index is -0.390. The van der Waals surface area contributed by atoms with Gasteiger partial charge in [-0.3, -0.25) is 19.4 Å². The summed E-state index contributed by atoms with van der Waals surface area (Å²) in [5.41, 5.74) is 6.55. The second-order valence-electron chi connectivity index (χ2n) is 6.37. The third kappa shape index (κ3) is 4.30. The van der Waals surface area contributed by atoms with Gasteiger partial charge in [-0.2, -0.15) is 0 Å². The molecule has 1 saturated heterocycles. The first kappa shape index (κ1) is 16.0. The van der Waals surface area contributed by atoms with E-state index < -0.39 is 6.04 Å². The van der Waals surface area contributed by atoms with E-state index in [0.717, 1.165) is 44.6 Å². The van der Waals surface area contributed by atoms with Crippen molar-refractivity contribution in [3.05, 3.63) is 35.9 Å². The topological polar surface area (TPSA) is 78.7 Å². The highest BCUT2D eigenvalue weighted by Crippen LogP contribution is 2.22. The lowest BCUT2D eigenvalue weighted by Crippen LogP contribution is -2.52. The first-order valence-electron chi connectivity index (χ1n) is 8.23. The number of primary amides is 1. The van der Waals surface area contributed by atoms with Gasteiger partial charge in [0.1, 0.15) is 6.04 Å². The largest absolute Gasteiger partial charge is 0.368 e. The van der Waals surface area contributed by atoms with Crippen molar-refractivity contribution in [2.45, 2.75) is 24.9 Å². The van der Waals surface area contributed by atoms with Crippen molar-refractivity contribution in [3.63, 3.8) is 0 Å². The normalized spacial score (nSPS) is 20.9. The van der Waals surface area contributed by atoms with Gasteiger partial charge in [0.15, 0.2) is 0 Å². The summed E-state index contributed by atoms with van der Waals surface area (Å²) in [6.45, 7) is 3.46. The number of amides is 2. The molecule has 2 amide bonds. The molecule has 1 atom stereocenters. The highest BCUT2D eigenvalue weighted by Gasteiger charge is 2.30. The second kappa shape index (κ2) is 7.10. The minimum Gasteiger partial charge on any atom is -0.368 e. The van der Waals surface area contributed by atoms with Gasteiger partial charge >= 0.3 is 0 Å². The Kier molecular flexibility index (Phi) is 4.93. The Labute approximate surface area is 136 Å². The molecule has 23 heavy (non-hydrogen) atoms. The molecule has 1 aliphatic carbocycles. The quantitative estimate of drug-likeness (QED) is 0.781. The molecule has 0 bridgehead atoms. The van der Waals surface area contributed by atoms with Crippen LogP contribution in [0, 0.1) is 0 Å². The van der Waals surface area contributed by atoms with Gasteiger partial charge in [0, 0.05) is 32.2 Å². The Bertz CT molecular complexity index is 551. The van der Waals surface area contributed by atoms with Crippen LogP contribution in [0.4, 0.5) is 0 Å². The molecule has 0 aromatic heterocycles. The van der Waals surface area contributed by atoms with E-state index >= 15 is 0 Å². The van der Waals surface area contributed by atoms with Crippen LogP contribution in [0.3, 0.4) is 0 Å². The summed E-state index contributed by atoms with van der Waals surface area (Å²) in [6, 6.07) is 9.65. The standard InChI is InChI=1S/C17H24N4O2/c18-17(23)16(13-4-2-1-3-5-13)21-10-8-20(9-11-21)12-15(22)19-14-6-7-14/h1-5,14,16H,6-12H2,(H2,18,23)(H,19,22)/t16-/m1/s1. The number of benzene rings is 1. The van der Waals surface area contributed by atoms with E-state index in [2.05, 4.69) is 15.1 Å². The van der Waals surface area contributed by atoms with Gasteiger partial charge in [0.2, 0.25) is 11.8 Å². The lowest BCUT2D eigenvalue weighted by Gasteiger charge is -2.38. The molecule has 0 spiro atoms. The molecule has 124 valence electrons. The van der Waals surface area contributed by atoms with Crippen molar-refractivity contribution < 1.29 is 9.59 Å². The number of carbonyl (C=O) groups excluding carboxylic acids is 2. The molecule has 1 heterocycles. The van der Waals surface area contributed by atoms with Gasteiger partial charge in [-0.15, -0.1) is 0 Å². The Hall–Kier alpha value is -1.92. The number of nitrogens with zero attached hydrogens (tertiary/aromatic N) is 2. The molecule has 0 unspecified atom stereocenters. The van der Waals surface area contributed by atoms with E-state index in [4.69, 9.17) is 5.73 Å². The van der Waals surface area contributed by atoms with Gasteiger partial charge in [-0.1, -0.05) is 30.3 Å². The number of rotatable bonds is 6. The van der Waals surface area contributed by atoms with Crippen LogP contribution >= 0.6 is 0 Å². The molecule has 2 fully saturated rings. The Morgan fingerprint density at radius 1 is 1.13 bits per heavy atom. The van der Waals surface area contributed by atoms with Crippen molar-refractivity contribution in [1.29, 1.82) is 0 Å². The third-order valence-corrected chi connectivity index (χ3v) is 4.47. The summed E-state index contributed by atoms with van der Waals surface area (Å²) in [5, 5.41) is 3.01. The average Bonchev–Trinajstić information content (AvgIpc) is 3.34. The van der Waals surface area contributed by atoms with Crippen LogP contribution in [0.2, 0.25) is 0 Å². The number of piperazine rings is 1. The second-order valence-corrected chi connectivity index (χ2v) is 6.37. The zero-order valence-corrected chi connectivity index (χ0v) is 13.3. The highest BCUT2D eigenvalue weighted by molar-refractivity contribution is 5.81. The number of carbonyl (C=O) groups is 2. The van der Waals surface area contributed by atoms with Crippen molar-refractivity contribution in [2.75, 3.05) is 32.7 Å². The fraction of sp³-hybridized carbons (Fsp3) is 0.529. The first-order chi connectivity index (χ1) is 11.1. The van der Waals surface area contributed by atoms with E-state index in [1.807, 2.05) is 30.3 Å². The number of hydrogen-bond donors (Lipinski definition) is 2. The number of nitrogens with two attached hydrogens (primary N) is 1. The van der Waals surface area contributed by atoms with Crippen LogP contribution in [-0.2, 0) is 9.59 Å². The number of nitrogens with one attached hydrogen (secondary N) is 1. The van der Waals surface area contributed by atoms with Crippen LogP contribution in [0.15, 0.2) is 30.3 Å². The van der Waals surface area contributed by atoms with Gasteiger partial charge in [-0.05, 0) is 18.4 Å². The van der Waals surface area contributed by atoms with Gasteiger partial charge in [0.25, 0.3) is 0 Å². The molecule has 1 saturated carbocycles. The molecule has 0 radical (unpaired) electrons. The zero-order chi connectivity index (χ0) is 16.2. The summed E-state index contributed by atoms with van der Waals surface area (Å²) in [5.74, 6) is -0.216. The summed E-state index contributed by atoms with van der Waals surface area (Å²) in [4.78, 5) is 28.0. The molecule has 3 N–H and O–H groups in total. The molecule has 6 nitrogen and oxygen atoms in total. The third-order valence-electron chi connectivity index (χ3n) is 4.47. The molecular formula is C17H24N4O2. The van der Waals surface area contributed by atoms with E-state index in [1.165, 1.54) is 0 Å². The monoisotopic (exact) mass is 316 g/mol. The maximum absolute atomic E-state index is 11.9. The van der Waals surface area contributed by atoms with Crippen LogP contribution in [0.5, 0.6) is 0 Å². The van der Waals surface area contributed by atoms with Crippen LogP contribution < -0.4 is 11.1 Å². The molecule has 2 aliphatic rings. The van der Waals surface area contributed by atoms with Crippen molar-refractivity contribution >= 4 is 11.8 Å². The first-order valence-corrected chi connectivity index (χ1v) is 8.23. The van der Waals surface area contributed by atoms with Crippen molar-refractivity contribution in [2.24, 2.45) is 5.73 Å². The molecule has 1 aromatic rings. The predicted octanol–water partition coefficient (Wildman–Crippen LogP) is 0.109. The van der Waals surface area contributed by atoms with Crippen molar-refractivity contribution in [1.82, 2.24) is 15.1 Å². The molecule has 1 aliphatic heterocycles. The van der Waals surface area contributed by atoms with Crippen LogP contribution in [0.1, 0.15) is 24.4 Å². The maximum atomic E-state index is 11.9. The SMILES string of the molecule is NC(=O)[C@@H](c1ccccc1)N1CCN(CC(=O)NC2CC2)CC1. The molecule has 1 aromatic carbocycles. The smallest absolute Gasteiger partial charge is 0.239 e. The van der Waals surface area contributed by atoms with E-state index in [0.29, 0.717) is 12.6 Å². The van der Waals surface area contributed by atoms with Crippen LogP contribution in [-0.4, -0.2) is 60.4 Å². The summed E-state index contributed by atoms with van der Waals surface area (Å²) < 4.78 is 0. The van der Waals surface area contributed by atoms with Crippen molar-refractivity contribution in [3.8, 4) is 0 Å². The lowest BCUT2D eigenvalue weighted by molar-refractivity contribution is -0.126. The summed E-state index contributed by atoms with van der Waals surface area (Å²) in [7, 11) is 0. The average molecular weight is 316 g/mol. The Morgan fingerprint density at radius 2 is 1.78 bits per heavy atom. The van der Waals surface area contributed by atoms with E-state index in [9.17, 15) is 9.59 Å². The molecule has 3 rings (SSSR count). The summed E-state index contributed by atoms with van der Waals surface area (Å²) >= 11 is 0. The van der Waals surface area contributed by atoms with E-state index in [1.54, 1.807) is 0 Å². The lowest BCUT2D eigenvalue weighted by atomic mass is 10.0. The minimum absolute atomic E-state index is 0.107. The number of hydrogen-bond acceptors (Lipinski definition) is 4. The molecular weight excluding hydrogens is 292 g/mol. The predicted molar refractivity (Wildman–Crippen MR) is 87.6 cm³/mol. The zero-order valence-electron chi connectivity index (χ0n) is 13.3. The van der Waals surface area contributed by atoms with Crippen LogP contribution in [0.25, 0.3) is 0 Å². The Balaban J connectivity index is 1.54. The van der Waals surface area contributed by atoms with Gasteiger partial charge in [0.05, 0.1) is 6.54 Å². The Morgan fingerprint density at radius 3 is 2.35 bits per heavy atom.